The fourth-order valence-electron chi connectivity index (χ4n) is 3.25. The second-order valence-corrected chi connectivity index (χ2v) is 6.12. The Morgan fingerprint density at radius 1 is 1.04 bits per heavy atom. The number of fused-ring (bicyclic) bond motifs is 1. The predicted octanol–water partition coefficient (Wildman–Crippen LogP) is 3.62. The lowest BCUT2D eigenvalue weighted by molar-refractivity contribution is 0.0198. The van der Waals surface area contributed by atoms with Crippen molar-refractivity contribution >= 4 is 10.9 Å². The summed E-state index contributed by atoms with van der Waals surface area (Å²) in [5, 5.41) is 8.22. The van der Waals surface area contributed by atoms with E-state index in [0.717, 1.165) is 37.2 Å². The van der Waals surface area contributed by atoms with Crippen molar-refractivity contribution in [3.63, 3.8) is 0 Å². The van der Waals surface area contributed by atoms with Crippen LogP contribution in [-0.4, -0.2) is 41.4 Å². The highest BCUT2D eigenvalue weighted by Gasteiger charge is 2.18. The molecule has 0 aliphatic carbocycles. The molecule has 4 heteroatoms. The summed E-state index contributed by atoms with van der Waals surface area (Å²) >= 11 is 0. The average molecular weight is 307 g/mol. The van der Waals surface area contributed by atoms with Gasteiger partial charge in [-0.3, -0.25) is 10.00 Å². The van der Waals surface area contributed by atoms with Crippen LogP contribution in [0, 0.1) is 0 Å². The third kappa shape index (κ3) is 2.87. The molecule has 0 spiro atoms. The van der Waals surface area contributed by atoms with E-state index in [9.17, 15) is 0 Å². The smallest absolute Gasteiger partial charge is 0.0650 e. The van der Waals surface area contributed by atoms with Crippen LogP contribution in [0.4, 0.5) is 0 Å². The first-order chi connectivity index (χ1) is 11.3. The summed E-state index contributed by atoms with van der Waals surface area (Å²) in [5.41, 5.74) is 4.90. The van der Waals surface area contributed by atoms with Crippen molar-refractivity contribution in [2.45, 2.75) is 13.0 Å². The summed E-state index contributed by atoms with van der Waals surface area (Å²) in [4.78, 5) is 2.48. The van der Waals surface area contributed by atoms with Crippen molar-refractivity contribution in [2.75, 3.05) is 26.3 Å². The second-order valence-electron chi connectivity index (χ2n) is 6.12. The summed E-state index contributed by atoms with van der Waals surface area (Å²) < 4.78 is 5.44. The molecule has 1 N–H and O–H groups in total. The molecular formula is C19H21N3O. The SMILES string of the molecule is C[C@H](c1ccc(-c2ccc3[nH]ncc3c2)cc1)N1CCOCC1. The average Bonchev–Trinajstić information content (AvgIpc) is 3.10. The molecule has 0 amide bonds. The van der Waals surface area contributed by atoms with Crippen LogP contribution in [0.3, 0.4) is 0 Å². The minimum atomic E-state index is 0.435. The third-order valence-electron chi connectivity index (χ3n) is 4.76. The van der Waals surface area contributed by atoms with Gasteiger partial charge in [0.2, 0.25) is 0 Å². The van der Waals surface area contributed by atoms with Crippen LogP contribution < -0.4 is 0 Å². The van der Waals surface area contributed by atoms with Crippen LogP contribution in [0.5, 0.6) is 0 Å². The molecule has 3 aromatic rings. The van der Waals surface area contributed by atoms with Gasteiger partial charge in [0.1, 0.15) is 0 Å². The molecule has 23 heavy (non-hydrogen) atoms. The predicted molar refractivity (Wildman–Crippen MR) is 92.3 cm³/mol. The van der Waals surface area contributed by atoms with E-state index < -0.39 is 0 Å². The summed E-state index contributed by atoms with van der Waals surface area (Å²) in [7, 11) is 0. The highest BCUT2D eigenvalue weighted by Crippen LogP contribution is 2.27. The van der Waals surface area contributed by atoms with Crippen molar-refractivity contribution in [1.82, 2.24) is 15.1 Å². The first-order valence-electron chi connectivity index (χ1n) is 8.16. The molecule has 1 atom stereocenters. The van der Waals surface area contributed by atoms with Gasteiger partial charge >= 0.3 is 0 Å². The zero-order chi connectivity index (χ0) is 15.6. The van der Waals surface area contributed by atoms with Crippen LogP contribution in [-0.2, 0) is 4.74 Å². The van der Waals surface area contributed by atoms with Gasteiger partial charge in [-0.15, -0.1) is 0 Å². The highest BCUT2D eigenvalue weighted by molar-refractivity contribution is 5.83. The number of nitrogens with zero attached hydrogens (tertiary/aromatic N) is 2. The number of rotatable bonds is 3. The Kier molecular flexibility index (Phi) is 3.85. The van der Waals surface area contributed by atoms with Gasteiger partial charge in [-0.1, -0.05) is 30.3 Å². The monoisotopic (exact) mass is 307 g/mol. The van der Waals surface area contributed by atoms with Crippen LogP contribution >= 0.6 is 0 Å². The van der Waals surface area contributed by atoms with Crippen molar-refractivity contribution in [2.24, 2.45) is 0 Å². The summed E-state index contributed by atoms with van der Waals surface area (Å²) in [6.45, 7) is 5.98. The summed E-state index contributed by atoms with van der Waals surface area (Å²) in [6, 6.07) is 15.8. The summed E-state index contributed by atoms with van der Waals surface area (Å²) in [5.74, 6) is 0. The first kappa shape index (κ1) is 14.4. The van der Waals surface area contributed by atoms with Gasteiger partial charge in [-0.25, -0.2) is 0 Å². The maximum atomic E-state index is 5.44. The minimum Gasteiger partial charge on any atom is -0.379 e. The fraction of sp³-hybridized carbons (Fsp3) is 0.316. The van der Waals surface area contributed by atoms with Crippen LogP contribution in [0.15, 0.2) is 48.7 Å². The van der Waals surface area contributed by atoms with E-state index in [-0.39, 0.29) is 0 Å². The molecule has 0 radical (unpaired) electrons. The first-order valence-corrected chi connectivity index (χ1v) is 8.16. The standard InChI is InChI=1S/C19H21N3O/c1-14(22-8-10-23-11-9-22)15-2-4-16(5-3-15)17-6-7-19-18(12-17)13-20-21-19/h2-7,12-14H,8-11H2,1H3,(H,20,21)/t14-/m1/s1. The summed E-state index contributed by atoms with van der Waals surface area (Å²) in [6.07, 6.45) is 1.87. The molecule has 1 saturated heterocycles. The van der Waals surface area contributed by atoms with Crippen molar-refractivity contribution in [1.29, 1.82) is 0 Å². The molecule has 4 rings (SSSR count). The third-order valence-corrected chi connectivity index (χ3v) is 4.76. The van der Waals surface area contributed by atoms with Gasteiger partial charge in [-0.2, -0.15) is 5.10 Å². The van der Waals surface area contributed by atoms with E-state index in [4.69, 9.17) is 4.74 Å². The van der Waals surface area contributed by atoms with E-state index in [0.29, 0.717) is 6.04 Å². The van der Waals surface area contributed by atoms with E-state index in [1.54, 1.807) is 0 Å². The fourth-order valence-corrected chi connectivity index (χ4v) is 3.25. The molecule has 118 valence electrons. The Labute approximate surface area is 136 Å². The van der Waals surface area contributed by atoms with E-state index >= 15 is 0 Å². The second kappa shape index (κ2) is 6.14. The number of hydrogen-bond acceptors (Lipinski definition) is 3. The normalized spacial score (nSPS) is 17.4. The van der Waals surface area contributed by atoms with E-state index in [1.807, 2.05) is 6.20 Å². The van der Waals surface area contributed by atoms with Crippen LogP contribution in [0.25, 0.3) is 22.0 Å². The molecule has 0 unspecified atom stereocenters. The van der Waals surface area contributed by atoms with Gasteiger partial charge in [0.05, 0.1) is 24.9 Å². The molecule has 0 saturated carbocycles. The minimum absolute atomic E-state index is 0.435. The Bertz CT molecular complexity index is 788. The van der Waals surface area contributed by atoms with Gasteiger partial charge in [0, 0.05) is 24.5 Å². The highest BCUT2D eigenvalue weighted by atomic mass is 16.5. The lowest BCUT2D eigenvalue weighted by Crippen LogP contribution is -2.37. The Morgan fingerprint density at radius 3 is 2.57 bits per heavy atom. The van der Waals surface area contributed by atoms with E-state index in [1.165, 1.54) is 16.7 Å². The van der Waals surface area contributed by atoms with Crippen molar-refractivity contribution in [3.05, 3.63) is 54.2 Å². The maximum Gasteiger partial charge on any atom is 0.0650 e. The molecule has 1 fully saturated rings. The topological polar surface area (TPSA) is 41.2 Å². The molecule has 4 nitrogen and oxygen atoms in total. The number of benzene rings is 2. The number of morpholine rings is 1. The zero-order valence-corrected chi connectivity index (χ0v) is 13.3. The zero-order valence-electron chi connectivity index (χ0n) is 13.3. The van der Waals surface area contributed by atoms with Gasteiger partial charge in [0.15, 0.2) is 0 Å². The molecule has 1 aromatic heterocycles. The molecule has 1 aliphatic heterocycles. The number of aromatic nitrogens is 2. The van der Waals surface area contributed by atoms with E-state index in [2.05, 4.69) is 64.5 Å². The number of hydrogen-bond donors (Lipinski definition) is 1. The molecule has 2 heterocycles. The number of nitrogens with one attached hydrogen (secondary N) is 1. The van der Waals surface area contributed by atoms with Crippen LogP contribution in [0.1, 0.15) is 18.5 Å². The Balaban J connectivity index is 1.57. The Hall–Kier alpha value is -2.17. The number of H-pyrrole nitrogens is 1. The maximum absolute atomic E-state index is 5.44. The molecule has 1 aliphatic rings. The molecule has 2 aromatic carbocycles. The number of ether oxygens (including phenoxy) is 1. The van der Waals surface area contributed by atoms with Gasteiger partial charge in [-0.05, 0) is 35.7 Å². The lowest BCUT2D eigenvalue weighted by atomic mass is 10.00. The molecular weight excluding hydrogens is 286 g/mol. The van der Waals surface area contributed by atoms with Crippen molar-refractivity contribution < 1.29 is 4.74 Å². The van der Waals surface area contributed by atoms with Gasteiger partial charge in [0.25, 0.3) is 0 Å². The van der Waals surface area contributed by atoms with Crippen molar-refractivity contribution in [3.8, 4) is 11.1 Å². The number of aromatic amines is 1. The van der Waals surface area contributed by atoms with Gasteiger partial charge < -0.3 is 4.74 Å². The quantitative estimate of drug-likeness (QED) is 0.803. The largest absolute Gasteiger partial charge is 0.379 e. The van der Waals surface area contributed by atoms with Crippen LogP contribution in [0.2, 0.25) is 0 Å². The molecule has 0 bridgehead atoms. The lowest BCUT2D eigenvalue weighted by Gasteiger charge is -2.32. The Morgan fingerprint density at radius 2 is 1.78 bits per heavy atom.